The summed E-state index contributed by atoms with van der Waals surface area (Å²) in [6.45, 7) is 0. The number of nitrogens with zero attached hydrogens (tertiary/aromatic N) is 1. The van der Waals surface area contributed by atoms with Crippen molar-refractivity contribution < 1.29 is 9.59 Å². The average Bonchev–Trinajstić information content (AvgIpc) is 2.34. The molecule has 1 aliphatic heterocycles. The van der Waals surface area contributed by atoms with Crippen molar-refractivity contribution in [1.29, 1.82) is 0 Å². The van der Waals surface area contributed by atoms with Crippen LogP contribution in [0.15, 0.2) is 17.2 Å². The molecule has 0 aliphatic carbocycles. The Morgan fingerprint density at radius 3 is 2.37 bits per heavy atom. The first-order valence-electron chi connectivity index (χ1n) is 5.28. The molecule has 1 aromatic carbocycles. The average molecular weight is 321 g/mol. The van der Waals surface area contributed by atoms with Gasteiger partial charge in [0, 0.05) is 17.9 Å². The van der Waals surface area contributed by atoms with E-state index in [1.165, 1.54) is 12.1 Å². The predicted molar refractivity (Wildman–Crippen MR) is 74.9 cm³/mol. The van der Waals surface area contributed by atoms with Crippen molar-refractivity contribution in [3.05, 3.63) is 27.2 Å². The molecule has 0 unspecified atom stereocenters. The van der Waals surface area contributed by atoms with E-state index in [-0.39, 0.29) is 40.2 Å². The highest BCUT2D eigenvalue weighted by atomic mass is 35.5. The van der Waals surface area contributed by atoms with E-state index in [4.69, 9.17) is 34.8 Å². The summed E-state index contributed by atoms with van der Waals surface area (Å²) in [6, 6.07) is 2.93. The van der Waals surface area contributed by atoms with Crippen LogP contribution >= 0.6 is 34.8 Å². The van der Waals surface area contributed by atoms with E-state index in [0.29, 0.717) is 5.02 Å². The highest BCUT2D eigenvalue weighted by molar-refractivity contribution is 6.47. The van der Waals surface area contributed by atoms with Gasteiger partial charge in [0.25, 0.3) is 5.91 Å². The minimum absolute atomic E-state index is 0.210. The number of carbonyl (C=O) groups excluding carboxylic acids is 2. The van der Waals surface area contributed by atoms with Gasteiger partial charge in [-0.05, 0) is 12.1 Å². The number of halogens is 3. The molecule has 1 aromatic rings. The second-order valence-electron chi connectivity index (χ2n) is 3.79. The zero-order valence-corrected chi connectivity index (χ0v) is 11.7. The second-order valence-corrected chi connectivity index (χ2v) is 5.04. The molecule has 2 rings (SSSR count). The first-order chi connectivity index (χ1) is 8.97. The molecule has 0 radical (unpaired) electrons. The Bertz CT molecular complexity index is 564. The van der Waals surface area contributed by atoms with Gasteiger partial charge in [0.2, 0.25) is 5.91 Å². The molecule has 0 bridgehead atoms. The first kappa shape index (κ1) is 14.1. The van der Waals surface area contributed by atoms with Gasteiger partial charge in [0.1, 0.15) is 5.71 Å². The van der Waals surface area contributed by atoms with Crippen LogP contribution in [0.25, 0.3) is 0 Å². The number of carbonyl (C=O) groups is 2. The summed E-state index contributed by atoms with van der Waals surface area (Å²) in [5, 5.41) is 7.05. The molecule has 100 valence electrons. The van der Waals surface area contributed by atoms with Gasteiger partial charge in [-0.2, -0.15) is 5.10 Å². The van der Waals surface area contributed by atoms with Crippen molar-refractivity contribution in [2.24, 2.45) is 5.10 Å². The molecule has 0 atom stereocenters. The largest absolute Gasteiger partial charge is 0.318 e. The summed E-state index contributed by atoms with van der Waals surface area (Å²) in [4.78, 5) is 22.8. The highest BCUT2D eigenvalue weighted by Crippen LogP contribution is 2.33. The number of nitrogens with one attached hydrogen (secondary N) is 2. The van der Waals surface area contributed by atoms with Gasteiger partial charge in [-0.3, -0.25) is 9.59 Å². The van der Waals surface area contributed by atoms with Crippen LogP contribution in [-0.4, -0.2) is 17.5 Å². The molecule has 0 saturated heterocycles. The zero-order chi connectivity index (χ0) is 14.0. The molecule has 0 saturated carbocycles. The van der Waals surface area contributed by atoms with E-state index >= 15 is 0 Å². The third-order valence-electron chi connectivity index (χ3n) is 2.41. The smallest absolute Gasteiger partial charge is 0.271 e. The quantitative estimate of drug-likeness (QED) is 0.879. The summed E-state index contributed by atoms with van der Waals surface area (Å²) in [5.41, 5.74) is 2.71. The number of benzene rings is 1. The molecular formula is C11H8Cl3N3O2. The van der Waals surface area contributed by atoms with E-state index in [9.17, 15) is 9.59 Å². The maximum atomic E-state index is 11.9. The summed E-state index contributed by atoms with van der Waals surface area (Å²) in [6.07, 6.45) is 0.481. The predicted octanol–water partition coefficient (Wildman–Crippen LogP) is 2.85. The van der Waals surface area contributed by atoms with Gasteiger partial charge >= 0.3 is 0 Å². The monoisotopic (exact) mass is 319 g/mol. The Morgan fingerprint density at radius 1 is 1.21 bits per heavy atom. The molecule has 5 nitrogen and oxygen atoms in total. The minimum Gasteiger partial charge on any atom is -0.318 e. The molecule has 2 amide bonds. The van der Waals surface area contributed by atoms with Crippen molar-refractivity contribution in [1.82, 2.24) is 5.43 Å². The fraction of sp³-hybridized carbons (Fsp3) is 0.182. The highest BCUT2D eigenvalue weighted by Gasteiger charge is 2.20. The molecule has 19 heavy (non-hydrogen) atoms. The van der Waals surface area contributed by atoms with Crippen LogP contribution in [0.5, 0.6) is 0 Å². The lowest BCUT2D eigenvalue weighted by atomic mass is 10.1. The van der Waals surface area contributed by atoms with Crippen LogP contribution in [0.1, 0.15) is 12.8 Å². The lowest BCUT2D eigenvalue weighted by Gasteiger charge is -2.13. The summed E-state index contributed by atoms with van der Waals surface area (Å²) in [5.74, 6) is -0.690. The summed E-state index contributed by atoms with van der Waals surface area (Å²) in [7, 11) is 0. The molecular weight excluding hydrogens is 312 g/mol. The van der Waals surface area contributed by atoms with E-state index in [0.717, 1.165) is 0 Å². The third kappa shape index (κ3) is 3.37. The van der Waals surface area contributed by atoms with Crippen molar-refractivity contribution in [3.8, 4) is 0 Å². The molecule has 1 heterocycles. The maximum Gasteiger partial charge on any atom is 0.271 e. The topological polar surface area (TPSA) is 70.6 Å². The first-order valence-corrected chi connectivity index (χ1v) is 6.42. The van der Waals surface area contributed by atoms with Crippen LogP contribution in [0.2, 0.25) is 15.1 Å². The van der Waals surface area contributed by atoms with Gasteiger partial charge in [-0.25, -0.2) is 5.43 Å². The van der Waals surface area contributed by atoms with E-state index in [1.807, 2.05) is 0 Å². The van der Waals surface area contributed by atoms with Crippen LogP contribution in [0.4, 0.5) is 5.69 Å². The van der Waals surface area contributed by atoms with Crippen molar-refractivity contribution in [3.63, 3.8) is 0 Å². The van der Waals surface area contributed by atoms with Gasteiger partial charge in [-0.1, -0.05) is 34.8 Å². The van der Waals surface area contributed by atoms with Crippen molar-refractivity contribution >= 4 is 58.0 Å². The molecule has 0 aromatic heterocycles. The summed E-state index contributed by atoms with van der Waals surface area (Å²) < 4.78 is 0. The number of amides is 2. The van der Waals surface area contributed by atoms with E-state index in [1.54, 1.807) is 0 Å². The molecule has 1 aliphatic rings. The van der Waals surface area contributed by atoms with Crippen LogP contribution in [0.3, 0.4) is 0 Å². The van der Waals surface area contributed by atoms with E-state index in [2.05, 4.69) is 15.8 Å². The minimum atomic E-state index is -0.467. The summed E-state index contributed by atoms with van der Waals surface area (Å²) >= 11 is 17.7. The molecule has 0 fully saturated rings. The van der Waals surface area contributed by atoms with Crippen LogP contribution in [-0.2, 0) is 9.59 Å². The SMILES string of the molecule is O=C1CCC(C(=O)Nc2c(Cl)cc(Cl)cc2Cl)=NN1. The standard InChI is InChI=1S/C11H8Cl3N3O2/c12-5-3-6(13)10(7(14)4-5)15-11(19)8-1-2-9(18)17-16-8/h3-4H,1-2H2,(H,15,19)(H,17,18). The lowest BCUT2D eigenvalue weighted by Crippen LogP contribution is -2.32. The van der Waals surface area contributed by atoms with Crippen LogP contribution < -0.4 is 10.7 Å². The zero-order valence-electron chi connectivity index (χ0n) is 9.47. The Morgan fingerprint density at radius 2 is 1.84 bits per heavy atom. The normalized spacial score (nSPS) is 14.7. The number of hydrogen-bond donors (Lipinski definition) is 2. The van der Waals surface area contributed by atoms with Gasteiger partial charge in [-0.15, -0.1) is 0 Å². The molecule has 0 spiro atoms. The number of rotatable bonds is 2. The number of anilines is 1. The maximum absolute atomic E-state index is 11.9. The van der Waals surface area contributed by atoms with Gasteiger partial charge in [0.15, 0.2) is 0 Å². The fourth-order valence-electron chi connectivity index (χ4n) is 1.49. The van der Waals surface area contributed by atoms with Gasteiger partial charge in [0.05, 0.1) is 15.7 Å². The van der Waals surface area contributed by atoms with Crippen molar-refractivity contribution in [2.75, 3.05) is 5.32 Å². The second kappa shape index (κ2) is 5.77. The van der Waals surface area contributed by atoms with E-state index < -0.39 is 5.91 Å². The number of hydrogen-bond acceptors (Lipinski definition) is 3. The molecule has 8 heteroatoms. The Labute approximate surface area is 123 Å². The fourth-order valence-corrected chi connectivity index (χ4v) is 2.40. The van der Waals surface area contributed by atoms with Gasteiger partial charge < -0.3 is 5.32 Å². The van der Waals surface area contributed by atoms with Crippen molar-refractivity contribution in [2.45, 2.75) is 12.8 Å². The number of hydrazone groups is 1. The Balaban J connectivity index is 2.18. The lowest BCUT2D eigenvalue weighted by molar-refractivity contribution is -0.121. The van der Waals surface area contributed by atoms with Crippen LogP contribution in [0, 0.1) is 0 Å². The Hall–Kier alpha value is -1.30. The third-order valence-corrected chi connectivity index (χ3v) is 3.23. The Kier molecular flexibility index (Phi) is 4.29. The molecule has 2 N–H and O–H groups in total.